The lowest BCUT2D eigenvalue weighted by Gasteiger charge is -1.87. The van der Waals surface area contributed by atoms with Gasteiger partial charge in [-0.3, -0.25) is 0 Å². The molecular weight excluding hydrogens is 118 g/mol. The highest BCUT2D eigenvalue weighted by Gasteiger charge is 1.92. The number of hydrogen-bond donors (Lipinski definition) is 1. The van der Waals surface area contributed by atoms with Crippen LogP contribution in [0, 0.1) is 0 Å². The minimum absolute atomic E-state index is 1.09. The van der Waals surface area contributed by atoms with Gasteiger partial charge in [-0.15, -0.1) is 0 Å². The first-order chi connectivity index (χ1) is 2.00. The van der Waals surface area contributed by atoms with Crippen molar-refractivity contribution in [2.75, 3.05) is 0 Å². The van der Waals surface area contributed by atoms with E-state index in [4.69, 9.17) is 4.89 Å². The topological polar surface area (TPSA) is 37.3 Å². The lowest BCUT2D eigenvalue weighted by Crippen LogP contribution is -1.69. The van der Waals surface area contributed by atoms with Gasteiger partial charge in [-0.25, -0.2) is 0 Å². The molecule has 0 fully saturated rings. The molecule has 0 spiro atoms. The van der Waals surface area contributed by atoms with Gasteiger partial charge in [0.15, 0.2) is 0 Å². The maximum atomic E-state index is 9.75. The molecule has 27 valence electrons. The first kappa shape index (κ1) is 5.94. The van der Waals surface area contributed by atoms with Crippen LogP contribution < -0.4 is 0 Å². The second-order valence-electron chi connectivity index (χ2n) is 0.756. The molecule has 1 atom stereocenters. The monoisotopic (exact) mass is 121 g/mol. The second kappa shape index (κ2) is 1.59. The normalized spacial score (nSPS) is 21.2. The summed E-state index contributed by atoms with van der Waals surface area (Å²) < 4.78 is 9.75. The van der Waals surface area contributed by atoms with Crippen molar-refractivity contribution in [3.63, 3.8) is 0 Å². The molecule has 3 radical (unpaired) electrons. The van der Waals surface area contributed by atoms with E-state index in [1.54, 1.807) is 0 Å². The molecule has 0 aromatic carbocycles. The molecule has 1 unspecified atom stereocenters. The summed E-state index contributed by atoms with van der Waals surface area (Å²) in [4.78, 5) is 8.05. The highest BCUT2D eigenvalue weighted by atomic mass is 31.6. The zero-order chi connectivity index (χ0) is 4.50. The van der Waals surface area contributed by atoms with Gasteiger partial charge in [0.2, 0.25) is 0 Å². The van der Waals surface area contributed by atoms with Crippen molar-refractivity contribution >= 4 is 31.3 Å². The van der Waals surface area contributed by atoms with Crippen molar-refractivity contribution < 1.29 is 9.46 Å². The van der Waals surface area contributed by atoms with E-state index in [-0.39, 0.29) is 0 Å². The van der Waals surface area contributed by atoms with E-state index in [1.807, 2.05) is 9.91 Å². The SMILES string of the molecule is O=[P](O)([AlH])[SiH]. The van der Waals surface area contributed by atoms with Crippen molar-refractivity contribution in [2.45, 2.75) is 0 Å². The summed E-state index contributed by atoms with van der Waals surface area (Å²) in [5, 5.41) is 0. The van der Waals surface area contributed by atoms with Gasteiger partial charge in [0, 0.05) is 0 Å². The zero-order valence-corrected chi connectivity index (χ0v) is 6.05. The van der Waals surface area contributed by atoms with Crippen LogP contribution in [0.5, 0.6) is 0 Å². The van der Waals surface area contributed by atoms with Gasteiger partial charge in [-0.2, -0.15) is 0 Å². The largest absolute Gasteiger partial charge is 0.363 e. The Balaban J connectivity index is 3.47. The predicted molar refractivity (Wildman–Crippen MR) is 24.1 cm³/mol. The fourth-order valence-corrected chi connectivity index (χ4v) is 0. The van der Waals surface area contributed by atoms with Crippen LogP contribution in [0.25, 0.3) is 0 Å². The molecule has 0 bridgehead atoms. The van der Waals surface area contributed by atoms with E-state index in [0.717, 1.165) is 15.8 Å². The van der Waals surface area contributed by atoms with Crippen molar-refractivity contribution in [1.29, 1.82) is 0 Å². The molecule has 0 saturated heterocycles. The molecule has 0 aliphatic rings. The van der Waals surface area contributed by atoms with Gasteiger partial charge in [-0.05, 0) is 0 Å². The van der Waals surface area contributed by atoms with Crippen LogP contribution in [-0.2, 0) is 4.57 Å². The van der Waals surface area contributed by atoms with E-state index in [1.165, 1.54) is 0 Å². The van der Waals surface area contributed by atoms with E-state index < -0.39 is 5.56 Å². The Morgan fingerprint density at radius 2 is 2.00 bits per heavy atom. The van der Waals surface area contributed by atoms with Gasteiger partial charge >= 0.3 is 15.8 Å². The van der Waals surface area contributed by atoms with Crippen molar-refractivity contribution in [3.8, 4) is 0 Å². The van der Waals surface area contributed by atoms with E-state index in [0.29, 0.717) is 0 Å². The van der Waals surface area contributed by atoms with Crippen LogP contribution in [0.4, 0.5) is 0 Å². The lowest BCUT2D eigenvalue weighted by molar-refractivity contribution is 0.511. The van der Waals surface area contributed by atoms with Crippen LogP contribution in [0.3, 0.4) is 0 Å². The van der Waals surface area contributed by atoms with Crippen LogP contribution in [0.1, 0.15) is 0 Å². The summed E-state index contributed by atoms with van der Waals surface area (Å²) >= 11 is 1.09. The fraction of sp³-hybridized carbons (Fsp3) is 0. The summed E-state index contributed by atoms with van der Waals surface area (Å²) in [6.45, 7) is 0. The molecule has 5 heteroatoms. The number of rotatable bonds is 0. The Kier molecular flexibility index (Phi) is 1.89. The Labute approximate surface area is 41.3 Å². The van der Waals surface area contributed by atoms with Crippen molar-refractivity contribution in [2.24, 2.45) is 0 Å². The predicted octanol–water partition coefficient (Wildman–Crippen LogP) is -1.11. The number of hydrogen-bond acceptors (Lipinski definition) is 1. The van der Waals surface area contributed by atoms with Crippen LogP contribution in [0.2, 0.25) is 0 Å². The third kappa shape index (κ3) is 48.4. The van der Waals surface area contributed by atoms with Crippen LogP contribution >= 0.6 is 5.56 Å². The molecule has 0 aliphatic carbocycles. The molecule has 2 nitrogen and oxygen atoms in total. The van der Waals surface area contributed by atoms with Gasteiger partial charge in [-0.1, -0.05) is 0 Å². The molecule has 5 heavy (non-hydrogen) atoms. The van der Waals surface area contributed by atoms with Crippen LogP contribution in [-0.4, -0.2) is 30.6 Å². The van der Waals surface area contributed by atoms with E-state index >= 15 is 0 Å². The lowest BCUT2D eigenvalue weighted by atomic mass is 15.9. The summed E-state index contributed by atoms with van der Waals surface area (Å²) in [5.41, 5.74) is -2.69. The molecule has 0 heterocycles. The molecule has 0 aromatic rings. The third-order valence-corrected chi connectivity index (χ3v) is 0. The standard InChI is InChI=1S/Al.H2O2PSi.H/c;1-3(2)4;/h;4H,(H,1,2);/q-1;+1;. The average molecular weight is 121 g/mol. The summed E-state index contributed by atoms with van der Waals surface area (Å²) in [5.74, 6) is 0. The molecule has 1 N–H and O–H groups in total. The third-order valence-electron chi connectivity index (χ3n) is 0. The van der Waals surface area contributed by atoms with Crippen molar-refractivity contribution in [3.05, 3.63) is 0 Å². The summed E-state index contributed by atoms with van der Waals surface area (Å²) in [7, 11) is 1.84. The first-order valence-electron chi connectivity index (χ1n) is 0.957. The van der Waals surface area contributed by atoms with Crippen molar-refractivity contribution in [1.82, 2.24) is 0 Å². The summed E-state index contributed by atoms with van der Waals surface area (Å²) in [6.07, 6.45) is 0. The quantitative estimate of drug-likeness (QED) is 0.326. The molecular formula is H3AlO2PSi. The molecule has 0 aromatic heterocycles. The minimum Gasteiger partial charge on any atom is -0.363 e. The molecule has 0 amide bonds. The van der Waals surface area contributed by atoms with Gasteiger partial charge in [0.25, 0.3) is 0 Å². The smallest absolute Gasteiger partial charge is 0.318 e. The van der Waals surface area contributed by atoms with Crippen LogP contribution in [0.15, 0.2) is 0 Å². The zero-order valence-electron chi connectivity index (χ0n) is 2.59. The Morgan fingerprint density at radius 3 is 2.00 bits per heavy atom. The van der Waals surface area contributed by atoms with Gasteiger partial charge in [0.05, 0.1) is 5.56 Å². The van der Waals surface area contributed by atoms with E-state index in [2.05, 4.69) is 0 Å². The highest BCUT2D eigenvalue weighted by molar-refractivity contribution is 8.01. The van der Waals surface area contributed by atoms with Gasteiger partial charge in [0.1, 0.15) is 9.91 Å². The Bertz CT molecular complexity index is 55.8. The second-order valence-corrected chi connectivity index (χ2v) is 9.60. The molecule has 0 aliphatic heterocycles. The summed E-state index contributed by atoms with van der Waals surface area (Å²) in [6, 6.07) is 0. The maximum absolute atomic E-state index is 9.75. The Morgan fingerprint density at radius 1 is 2.00 bits per heavy atom. The van der Waals surface area contributed by atoms with Gasteiger partial charge < -0.3 is 9.46 Å². The molecule has 0 saturated carbocycles. The Hall–Kier alpha value is 0.939. The maximum Gasteiger partial charge on any atom is 0.318 e. The minimum atomic E-state index is -2.69. The first-order valence-corrected chi connectivity index (χ1v) is 6.32. The molecule has 0 rings (SSSR count). The highest BCUT2D eigenvalue weighted by Crippen LogP contribution is 2.24. The average Bonchev–Trinajstić information content (AvgIpc) is 0.722. The van der Waals surface area contributed by atoms with E-state index in [9.17, 15) is 4.57 Å². The fourth-order valence-electron chi connectivity index (χ4n) is 0.